The molecule has 0 bridgehead atoms. The van der Waals surface area contributed by atoms with Gasteiger partial charge in [0.25, 0.3) is 0 Å². The molecule has 7 nitrogen and oxygen atoms in total. The maximum Gasteiger partial charge on any atom is 0.226 e. The predicted octanol–water partition coefficient (Wildman–Crippen LogP) is 4.36. The number of rotatable bonds is 5. The van der Waals surface area contributed by atoms with Crippen LogP contribution in [0.25, 0.3) is 16.9 Å². The first-order valence-electron chi connectivity index (χ1n) is 9.64. The molecule has 0 radical (unpaired) electrons. The summed E-state index contributed by atoms with van der Waals surface area (Å²) in [6.07, 6.45) is 2.24. The van der Waals surface area contributed by atoms with Gasteiger partial charge in [-0.15, -0.1) is 11.3 Å². The van der Waals surface area contributed by atoms with E-state index in [2.05, 4.69) is 26.5 Å². The van der Waals surface area contributed by atoms with Gasteiger partial charge in [-0.1, -0.05) is 0 Å². The Morgan fingerprint density at radius 1 is 1.23 bits per heavy atom. The fourth-order valence-corrected chi connectivity index (χ4v) is 4.35. The molecule has 3 heterocycles. The van der Waals surface area contributed by atoms with Gasteiger partial charge in [-0.25, -0.2) is 18.9 Å². The number of amides is 1. The van der Waals surface area contributed by atoms with Crippen molar-refractivity contribution in [3.8, 4) is 17.3 Å². The number of hydrogen-bond acceptors (Lipinski definition) is 6. The summed E-state index contributed by atoms with van der Waals surface area (Å²) >= 11 is 1.38. The minimum Gasteiger partial charge on any atom is -0.302 e. The number of nitrogens with one attached hydrogen (secondary N) is 1. The third kappa shape index (κ3) is 4.02. The Balaban J connectivity index is 1.47. The number of aryl methyl sites for hydroxylation is 3. The third-order valence-electron chi connectivity index (χ3n) is 5.09. The molecule has 0 aliphatic rings. The van der Waals surface area contributed by atoms with E-state index < -0.39 is 0 Å². The Morgan fingerprint density at radius 3 is 2.68 bits per heavy atom. The van der Waals surface area contributed by atoms with Crippen LogP contribution in [0.2, 0.25) is 0 Å². The zero-order valence-corrected chi connectivity index (χ0v) is 18.0. The molecule has 0 unspecified atom stereocenters. The quantitative estimate of drug-likeness (QED) is 0.503. The Morgan fingerprint density at radius 2 is 1.97 bits per heavy atom. The van der Waals surface area contributed by atoms with E-state index in [-0.39, 0.29) is 18.1 Å². The van der Waals surface area contributed by atoms with Crippen molar-refractivity contribution in [1.29, 1.82) is 5.26 Å². The highest BCUT2D eigenvalue weighted by atomic mass is 32.1. The lowest BCUT2D eigenvalue weighted by atomic mass is 10.1. The van der Waals surface area contributed by atoms with Crippen LogP contribution in [0, 0.1) is 37.9 Å². The van der Waals surface area contributed by atoms with E-state index in [1.54, 1.807) is 16.6 Å². The summed E-state index contributed by atoms with van der Waals surface area (Å²) in [7, 11) is 0. The number of thiazole rings is 1. The van der Waals surface area contributed by atoms with E-state index in [9.17, 15) is 14.4 Å². The van der Waals surface area contributed by atoms with Crippen molar-refractivity contribution in [2.75, 3.05) is 5.32 Å². The molecule has 0 spiro atoms. The van der Waals surface area contributed by atoms with Crippen LogP contribution in [-0.2, 0) is 11.2 Å². The van der Waals surface area contributed by atoms with Gasteiger partial charge >= 0.3 is 0 Å². The van der Waals surface area contributed by atoms with Crippen molar-refractivity contribution in [1.82, 2.24) is 19.6 Å². The SMILES string of the molecule is Cc1nc2c(C#N)cnn2c(C)c1CCC(=O)Nc1nc(-c2ccc(F)cc2)c(C)s1. The summed E-state index contributed by atoms with van der Waals surface area (Å²) in [5.41, 5.74) is 5.05. The van der Waals surface area contributed by atoms with Crippen LogP contribution in [0.3, 0.4) is 0 Å². The Hall–Kier alpha value is -3.64. The van der Waals surface area contributed by atoms with Gasteiger partial charge in [0.1, 0.15) is 17.4 Å². The summed E-state index contributed by atoms with van der Waals surface area (Å²) < 4.78 is 14.8. The molecule has 31 heavy (non-hydrogen) atoms. The normalized spacial score (nSPS) is 10.9. The lowest BCUT2D eigenvalue weighted by Gasteiger charge is -2.11. The highest BCUT2D eigenvalue weighted by Gasteiger charge is 2.16. The number of hydrogen-bond donors (Lipinski definition) is 1. The second-order valence-electron chi connectivity index (χ2n) is 7.15. The lowest BCUT2D eigenvalue weighted by molar-refractivity contribution is -0.116. The van der Waals surface area contributed by atoms with Gasteiger partial charge in [-0.05, 0) is 57.0 Å². The number of fused-ring (bicyclic) bond motifs is 1. The van der Waals surface area contributed by atoms with Crippen molar-refractivity contribution < 1.29 is 9.18 Å². The summed E-state index contributed by atoms with van der Waals surface area (Å²) in [5, 5.41) is 16.8. The fraction of sp³-hybridized carbons (Fsp3) is 0.227. The summed E-state index contributed by atoms with van der Waals surface area (Å²) in [6, 6.07) is 8.21. The zero-order chi connectivity index (χ0) is 22.1. The molecule has 0 fully saturated rings. The molecule has 9 heteroatoms. The van der Waals surface area contributed by atoms with Crippen molar-refractivity contribution in [2.45, 2.75) is 33.6 Å². The van der Waals surface area contributed by atoms with E-state index in [4.69, 9.17) is 0 Å². The molecule has 3 aromatic heterocycles. The van der Waals surface area contributed by atoms with Gasteiger partial charge < -0.3 is 5.32 Å². The van der Waals surface area contributed by atoms with Crippen LogP contribution in [0.5, 0.6) is 0 Å². The van der Waals surface area contributed by atoms with Crippen molar-refractivity contribution >= 4 is 28.0 Å². The molecular formula is C22H19FN6OS. The van der Waals surface area contributed by atoms with E-state index in [1.807, 2.05) is 20.8 Å². The molecule has 0 saturated heterocycles. The first-order chi connectivity index (χ1) is 14.9. The number of anilines is 1. The van der Waals surface area contributed by atoms with Crippen LogP contribution in [0.1, 0.15) is 33.8 Å². The molecule has 0 atom stereocenters. The summed E-state index contributed by atoms with van der Waals surface area (Å²) in [4.78, 5) is 22.5. The number of halogens is 1. The van der Waals surface area contributed by atoms with Crippen LogP contribution in [0.4, 0.5) is 9.52 Å². The second-order valence-corrected chi connectivity index (χ2v) is 8.35. The molecule has 0 saturated carbocycles. The first kappa shape index (κ1) is 20.6. The number of nitriles is 1. The minimum absolute atomic E-state index is 0.156. The largest absolute Gasteiger partial charge is 0.302 e. The maximum absolute atomic E-state index is 13.2. The number of benzene rings is 1. The van der Waals surface area contributed by atoms with Crippen LogP contribution < -0.4 is 5.32 Å². The molecular weight excluding hydrogens is 415 g/mol. The second kappa shape index (κ2) is 8.24. The standard InChI is InChI=1S/C22H19FN6OS/c1-12-18(13(2)29-21(26-12)16(10-24)11-25-29)8-9-19(30)27-22-28-20(14(3)31-22)15-4-6-17(23)7-5-15/h4-7,11H,8-9H2,1-3H3,(H,27,28,30). The molecule has 4 aromatic rings. The molecule has 1 N–H and O–H groups in total. The molecule has 0 aliphatic heterocycles. The topological polar surface area (TPSA) is 96.0 Å². The van der Waals surface area contributed by atoms with Crippen molar-refractivity contribution in [3.63, 3.8) is 0 Å². The average Bonchev–Trinajstić information content (AvgIpc) is 3.31. The number of carbonyl (C=O) groups is 1. The Kier molecular flexibility index (Phi) is 5.48. The average molecular weight is 435 g/mol. The van der Waals surface area contributed by atoms with Crippen LogP contribution in [-0.4, -0.2) is 25.5 Å². The number of aromatic nitrogens is 4. The van der Waals surface area contributed by atoms with Gasteiger partial charge in [0.05, 0.1) is 11.9 Å². The highest BCUT2D eigenvalue weighted by Crippen LogP contribution is 2.30. The van der Waals surface area contributed by atoms with E-state index in [1.165, 1.54) is 29.7 Å². The smallest absolute Gasteiger partial charge is 0.226 e. The first-order valence-corrected chi connectivity index (χ1v) is 10.5. The van der Waals surface area contributed by atoms with Crippen LogP contribution in [0.15, 0.2) is 30.5 Å². The highest BCUT2D eigenvalue weighted by molar-refractivity contribution is 7.16. The predicted molar refractivity (Wildman–Crippen MR) is 116 cm³/mol. The van der Waals surface area contributed by atoms with Crippen molar-refractivity contribution in [2.24, 2.45) is 0 Å². The third-order valence-corrected chi connectivity index (χ3v) is 5.98. The minimum atomic E-state index is -0.303. The summed E-state index contributed by atoms with van der Waals surface area (Å²) in [6.45, 7) is 5.69. The molecule has 4 rings (SSSR count). The van der Waals surface area contributed by atoms with Crippen molar-refractivity contribution in [3.05, 3.63) is 63.7 Å². The zero-order valence-electron chi connectivity index (χ0n) is 17.2. The van der Waals surface area contributed by atoms with Gasteiger partial charge in [0.15, 0.2) is 10.8 Å². The number of nitrogens with zero attached hydrogens (tertiary/aromatic N) is 5. The van der Waals surface area contributed by atoms with E-state index in [0.717, 1.165) is 33.1 Å². The molecule has 1 amide bonds. The van der Waals surface area contributed by atoms with Gasteiger partial charge in [-0.3, -0.25) is 4.79 Å². The lowest BCUT2D eigenvalue weighted by Crippen LogP contribution is -2.14. The van der Waals surface area contributed by atoms with Gasteiger partial charge in [0, 0.05) is 28.2 Å². The van der Waals surface area contributed by atoms with E-state index >= 15 is 0 Å². The Labute approximate surface area is 182 Å². The van der Waals surface area contributed by atoms with Gasteiger partial charge in [0.2, 0.25) is 5.91 Å². The van der Waals surface area contributed by atoms with Gasteiger partial charge in [-0.2, -0.15) is 10.4 Å². The maximum atomic E-state index is 13.2. The fourth-order valence-electron chi connectivity index (χ4n) is 3.50. The molecule has 0 aliphatic carbocycles. The summed E-state index contributed by atoms with van der Waals surface area (Å²) in [5.74, 6) is -0.459. The van der Waals surface area contributed by atoms with Crippen LogP contribution >= 0.6 is 11.3 Å². The van der Waals surface area contributed by atoms with E-state index in [0.29, 0.717) is 22.8 Å². The number of carbonyl (C=O) groups excluding carboxylic acids is 1. The Bertz CT molecular complexity index is 1330. The molecule has 156 valence electrons. The molecule has 1 aromatic carbocycles. The monoisotopic (exact) mass is 434 g/mol.